The molecule has 0 saturated carbocycles. The Balaban J connectivity index is 2.66. The number of methoxy groups -OCH3 is 2. The molecule has 16 heavy (non-hydrogen) atoms. The maximum Gasteiger partial charge on any atom is 0.138 e. The Labute approximate surface area is 109 Å². The van der Waals surface area contributed by atoms with Crippen molar-refractivity contribution in [1.82, 2.24) is 0 Å². The van der Waals surface area contributed by atoms with Crippen LogP contribution in [0.15, 0.2) is 10.5 Å². The summed E-state index contributed by atoms with van der Waals surface area (Å²) in [5.74, 6) is 1.74. The molecule has 1 aliphatic rings. The van der Waals surface area contributed by atoms with E-state index < -0.39 is 0 Å². The van der Waals surface area contributed by atoms with Gasteiger partial charge in [-0.15, -0.1) is 11.6 Å². The van der Waals surface area contributed by atoms with Crippen LogP contribution < -0.4 is 9.47 Å². The molecule has 0 N–H and O–H groups in total. The van der Waals surface area contributed by atoms with E-state index in [2.05, 4.69) is 15.9 Å². The second-order valence-corrected chi connectivity index (χ2v) is 5.23. The Morgan fingerprint density at radius 3 is 2.75 bits per heavy atom. The second-order valence-electron chi connectivity index (χ2n) is 3.85. The lowest BCUT2D eigenvalue weighted by molar-refractivity contribution is 0.386. The van der Waals surface area contributed by atoms with Gasteiger partial charge in [-0.2, -0.15) is 0 Å². The van der Waals surface area contributed by atoms with Crippen molar-refractivity contribution in [3.05, 3.63) is 21.7 Å². The predicted molar refractivity (Wildman–Crippen MR) is 68.8 cm³/mol. The third-order valence-electron chi connectivity index (χ3n) is 2.96. The fourth-order valence-corrected chi connectivity index (χ4v) is 3.22. The van der Waals surface area contributed by atoms with Gasteiger partial charge in [-0.25, -0.2) is 0 Å². The van der Waals surface area contributed by atoms with Crippen LogP contribution in [0.4, 0.5) is 0 Å². The lowest BCUT2D eigenvalue weighted by Gasteiger charge is -2.25. The van der Waals surface area contributed by atoms with Crippen molar-refractivity contribution in [3.8, 4) is 11.5 Å². The van der Waals surface area contributed by atoms with Gasteiger partial charge in [0.2, 0.25) is 0 Å². The first kappa shape index (κ1) is 12.1. The minimum atomic E-state index is 0.0186. The van der Waals surface area contributed by atoms with Crippen molar-refractivity contribution in [2.45, 2.75) is 24.6 Å². The van der Waals surface area contributed by atoms with E-state index in [1.807, 2.05) is 6.07 Å². The van der Waals surface area contributed by atoms with E-state index in [0.29, 0.717) is 0 Å². The van der Waals surface area contributed by atoms with Gasteiger partial charge in [0.05, 0.1) is 24.1 Å². The fraction of sp³-hybridized carbons (Fsp3) is 0.500. The van der Waals surface area contributed by atoms with E-state index >= 15 is 0 Å². The van der Waals surface area contributed by atoms with Crippen LogP contribution in [0.25, 0.3) is 0 Å². The summed E-state index contributed by atoms with van der Waals surface area (Å²) >= 11 is 9.87. The molecule has 1 atom stereocenters. The van der Waals surface area contributed by atoms with Gasteiger partial charge in [0, 0.05) is 11.1 Å². The summed E-state index contributed by atoms with van der Waals surface area (Å²) in [6.07, 6.45) is 3.10. The Bertz CT molecular complexity index is 406. The number of alkyl halides is 1. The Kier molecular flexibility index (Phi) is 3.65. The van der Waals surface area contributed by atoms with E-state index in [4.69, 9.17) is 21.1 Å². The summed E-state index contributed by atoms with van der Waals surface area (Å²) in [4.78, 5) is 0. The maximum atomic E-state index is 6.38. The Hall–Kier alpha value is -0.410. The van der Waals surface area contributed by atoms with Gasteiger partial charge in [0.15, 0.2) is 0 Å². The molecule has 1 unspecified atom stereocenters. The average molecular weight is 306 g/mol. The Morgan fingerprint density at radius 1 is 1.38 bits per heavy atom. The zero-order valence-corrected chi connectivity index (χ0v) is 11.7. The van der Waals surface area contributed by atoms with Gasteiger partial charge in [-0.3, -0.25) is 0 Å². The number of hydrogen-bond donors (Lipinski definition) is 0. The minimum absolute atomic E-state index is 0.0186. The minimum Gasteiger partial charge on any atom is -0.496 e. The van der Waals surface area contributed by atoms with E-state index in [1.54, 1.807) is 14.2 Å². The zero-order chi connectivity index (χ0) is 11.7. The van der Waals surface area contributed by atoms with Crippen molar-refractivity contribution in [3.63, 3.8) is 0 Å². The highest BCUT2D eigenvalue weighted by Crippen LogP contribution is 2.47. The highest BCUT2D eigenvalue weighted by molar-refractivity contribution is 9.10. The molecular formula is C12H14BrClO2. The third-order valence-corrected chi connectivity index (χ3v) is 3.99. The maximum absolute atomic E-state index is 6.38. The monoisotopic (exact) mass is 304 g/mol. The molecule has 0 spiro atoms. The molecule has 1 aliphatic carbocycles. The molecule has 88 valence electrons. The van der Waals surface area contributed by atoms with Crippen molar-refractivity contribution < 1.29 is 9.47 Å². The van der Waals surface area contributed by atoms with Gasteiger partial charge >= 0.3 is 0 Å². The summed E-state index contributed by atoms with van der Waals surface area (Å²) in [7, 11) is 3.36. The highest BCUT2D eigenvalue weighted by Gasteiger charge is 2.27. The first-order valence-electron chi connectivity index (χ1n) is 5.26. The summed E-state index contributed by atoms with van der Waals surface area (Å²) in [5, 5.41) is 0.0186. The van der Waals surface area contributed by atoms with Crippen molar-refractivity contribution in [2.24, 2.45) is 0 Å². The molecule has 1 aromatic rings. The summed E-state index contributed by atoms with van der Waals surface area (Å²) in [6.45, 7) is 0. The molecule has 4 heteroatoms. The average Bonchev–Trinajstić information content (AvgIpc) is 2.29. The number of ether oxygens (including phenoxy) is 2. The van der Waals surface area contributed by atoms with Crippen LogP contribution in [0.3, 0.4) is 0 Å². The summed E-state index contributed by atoms with van der Waals surface area (Å²) < 4.78 is 11.7. The molecule has 0 bridgehead atoms. The summed E-state index contributed by atoms with van der Waals surface area (Å²) in [6, 6.07) is 1.95. The molecule has 0 aromatic heterocycles. The number of benzene rings is 1. The second kappa shape index (κ2) is 4.84. The molecule has 0 fully saturated rings. The van der Waals surface area contributed by atoms with Crippen molar-refractivity contribution in [1.29, 1.82) is 0 Å². The van der Waals surface area contributed by atoms with Gasteiger partial charge in [-0.05, 0) is 41.3 Å². The highest BCUT2D eigenvalue weighted by atomic mass is 79.9. The van der Waals surface area contributed by atoms with Crippen molar-refractivity contribution >= 4 is 27.5 Å². The topological polar surface area (TPSA) is 18.5 Å². The fourth-order valence-electron chi connectivity index (χ4n) is 2.25. The van der Waals surface area contributed by atoms with Gasteiger partial charge in [-0.1, -0.05) is 0 Å². The third kappa shape index (κ3) is 1.91. The number of hydrogen-bond acceptors (Lipinski definition) is 2. The zero-order valence-electron chi connectivity index (χ0n) is 9.35. The predicted octanol–water partition coefficient (Wildman–Crippen LogP) is 4.08. The van der Waals surface area contributed by atoms with Crippen LogP contribution >= 0.6 is 27.5 Å². The van der Waals surface area contributed by atoms with Crippen molar-refractivity contribution in [2.75, 3.05) is 14.2 Å². The van der Waals surface area contributed by atoms with Crippen LogP contribution in [0.2, 0.25) is 0 Å². The van der Waals surface area contributed by atoms with Gasteiger partial charge in [0.1, 0.15) is 11.5 Å². The normalized spacial score (nSPS) is 19.1. The van der Waals surface area contributed by atoms with Crippen LogP contribution in [0.5, 0.6) is 11.5 Å². The largest absolute Gasteiger partial charge is 0.496 e. The van der Waals surface area contributed by atoms with E-state index in [-0.39, 0.29) is 5.38 Å². The molecule has 2 nitrogen and oxygen atoms in total. The van der Waals surface area contributed by atoms with Gasteiger partial charge < -0.3 is 9.47 Å². The first-order valence-corrected chi connectivity index (χ1v) is 6.49. The van der Waals surface area contributed by atoms with Crippen LogP contribution in [0, 0.1) is 0 Å². The molecular weight excluding hydrogens is 291 g/mol. The molecule has 0 amide bonds. The molecule has 1 aromatic carbocycles. The van der Waals surface area contributed by atoms with E-state index in [1.165, 1.54) is 5.56 Å². The Morgan fingerprint density at radius 2 is 2.12 bits per heavy atom. The molecule has 0 saturated heterocycles. The SMILES string of the molecule is COc1cc(Br)c(OC)c2c1CCCC2Cl. The first-order chi connectivity index (χ1) is 7.69. The van der Waals surface area contributed by atoms with E-state index in [9.17, 15) is 0 Å². The molecule has 2 rings (SSSR count). The number of rotatable bonds is 2. The quantitative estimate of drug-likeness (QED) is 0.766. The van der Waals surface area contributed by atoms with Crippen LogP contribution in [-0.4, -0.2) is 14.2 Å². The van der Waals surface area contributed by atoms with Crippen LogP contribution in [0.1, 0.15) is 29.3 Å². The summed E-state index contributed by atoms with van der Waals surface area (Å²) in [5.41, 5.74) is 2.27. The van der Waals surface area contributed by atoms with Crippen LogP contribution in [-0.2, 0) is 6.42 Å². The smallest absolute Gasteiger partial charge is 0.138 e. The molecule has 0 heterocycles. The van der Waals surface area contributed by atoms with E-state index in [0.717, 1.165) is 40.8 Å². The lowest BCUT2D eigenvalue weighted by atomic mass is 9.90. The standard InChI is InChI=1S/C12H14BrClO2/c1-15-10-6-8(13)12(16-2)11-7(10)4-3-5-9(11)14/h6,9H,3-5H2,1-2H3. The molecule has 0 aliphatic heterocycles. The lowest BCUT2D eigenvalue weighted by Crippen LogP contribution is -2.09. The number of halogens is 2. The molecule has 0 radical (unpaired) electrons. The number of fused-ring (bicyclic) bond motifs is 1. The van der Waals surface area contributed by atoms with Gasteiger partial charge in [0.25, 0.3) is 0 Å².